The highest BCUT2D eigenvalue weighted by molar-refractivity contribution is 5.93. The molecule has 0 bridgehead atoms. The van der Waals surface area contributed by atoms with E-state index in [1.807, 2.05) is 52.8 Å². The topological polar surface area (TPSA) is 55.1 Å². The molecule has 0 radical (unpaired) electrons. The number of carbonyl (C=O) groups excluding carboxylic acids is 1. The Hall–Kier alpha value is -2.10. The van der Waals surface area contributed by atoms with Gasteiger partial charge in [-0.05, 0) is 31.4 Å². The molecular weight excluding hydrogens is 288 g/mol. The molecule has 1 heterocycles. The number of para-hydroxylation sites is 1. The summed E-state index contributed by atoms with van der Waals surface area (Å²) >= 11 is 0. The van der Waals surface area contributed by atoms with Crippen LogP contribution in [0.3, 0.4) is 0 Å². The Balaban J connectivity index is 2.17. The van der Waals surface area contributed by atoms with Gasteiger partial charge < -0.3 is 9.73 Å². The van der Waals surface area contributed by atoms with E-state index in [-0.39, 0.29) is 17.7 Å². The summed E-state index contributed by atoms with van der Waals surface area (Å²) in [6, 6.07) is 6.06. The fourth-order valence-electron chi connectivity index (χ4n) is 2.44. The summed E-state index contributed by atoms with van der Waals surface area (Å²) in [7, 11) is 0. The predicted octanol–water partition coefficient (Wildman–Crippen LogP) is 4.33. The first-order chi connectivity index (χ1) is 10.7. The molecule has 2 aromatic rings. The summed E-state index contributed by atoms with van der Waals surface area (Å²) < 4.78 is 5.80. The maximum atomic E-state index is 12.4. The summed E-state index contributed by atoms with van der Waals surface area (Å²) in [4.78, 5) is 16.9. The Kier molecular flexibility index (Phi) is 4.93. The zero-order chi connectivity index (χ0) is 17.2. The van der Waals surface area contributed by atoms with Gasteiger partial charge in [-0.25, -0.2) is 4.98 Å². The van der Waals surface area contributed by atoms with E-state index in [9.17, 15) is 4.79 Å². The third kappa shape index (κ3) is 4.01. The third-order valence-corrected chi connectivity index (χ3v) is 3.86. The highest BCUT2D eigenvalue weighted by Gasteiger charge is 2.23. The van der Waals surface area contributed by atoms with Gasteiger partial charge in [0.05, 0.1) is 12.1 Å². The van der Waals surface area contributed by atoms with Gasteiger partial charge in [0.1, 0.15) is 5.76 Å². The summed E-state index contributed by atoms with van der Waals surface area (Å²) in [5.41, 5.74) is 3.74. The zero-order valence-corrected chi connectivity index (χ0v) is 14.9. The van der Waals surface area contributed by atoms with Crippen LogP contribution in [0.4, 0.5) is 5.69 Å². The first kappa shape index (κ1) is 17.3. The molecule has 0 unspecified atom stereocenters. The van der Waals surface area contributed by atoms with Gasteiger partial charge in [0, 0.05) is 11.1 Å². The first-order valence-electron chi connectivity index (χ1n) is 8.07. The quantitative estimate of drug-likeness (QED) is 0.913. The molecule has 0 fully saturated rings. The van der Waals surface area contributed by atoms with Gasteiger partial charge in [-0.15, -0.1) is 0 Å². The van der Waals surface area contributed by atoms with Crippen molar-refractivity contribution >= 4 is 11.6 Å². The van der Waals surface area contributed by atoms with Crippen molar-refractivity contribution in [3.8, 4) is 0 Å². The fraction of sp³-hybridized carbons (Fsp3) is 0.474. The number of hydrogen-bond acceptors (Lipinski definition) is 3. The lowest BCUT2D eigenvalue weighted by atomic mass is 9.97. The summed E-state index contributed by atoms with van der Waals surface area (Å²) in [6.07, 6.45) is 1.08. The van der Waals surface area contributed by atoms with E-state index in [0.717, 1.165) is 28.9 Å². The van der Waals surface area contributed by atoms with Gasteiger partial charge in [0.2, 0.25) is 5.91 Å². The van der Waals surface area contributed by atoms with Crippen LogP contribution in [0.1, 0.15) is 56.2 Å². The number of anilines is 1. The number of aromatic nitrogens is 1. The minimum absolute atomic E-state index is 0.0753. The van der Waals surface area contributed by atoms with Crippen molar-refractivity contribution in [3.05, 3.63) is 46.7 Å². The van der Waals surface area contributed by atoms with Crippen molar-refractivity contribution in [3.63, 3.8) is 0 Å². The van der Waals surface area contributed by atoms with E-state index >= 15 is 0 Å². The molecule has 0 aliphatic rings. The average molecular weight is 314 g/mol. The molecule has 0 aliphatic carbocycles. The van der Waals surface area contributed by atoms with Crippen LogP contribution in [0.5, 0.6) is 0 Å². The van der Waals surface area contributed by atoms with Gasteiger partial charge in [-0.3, -0.25) is 4.79 Å². The molecule has 23 heavy (non-hydrogen) atoms. The minimum Gasteiger partial charge on any atom is -0.444 e. The highest BCUT2D eigenvalue weighted by Crippen LogP contribution is 2.25. The Labute approximate surface area is 138 Å². The molecule has 0 aliphatic heterocycles. The van der Waals surface area contributed by atoms with E-state index < -0.39 is 0 Å². The van der Waals surface area contributed by atoms with Crippen LogP contribution >= 0.6 is 0 Å². The van der Waals surface area contributed by atoms with E-state index in [0.29, 0.717) is 11.7 Å². The average Bonchev–Trinajstić information content (AvgIpc) is 2.82. The van der Waals surface area contributed by atoms with Crippen LogP contribution in [0.25, 0.3) is 0 Å². The SMILES string of the molecule is CCc1cccc(C)c1NC(=O)Cc1oc(C(C)(C)C)nc1C. The molecule has 1 N–H and O–H groups in total. The van der Waals surface area contributed by atoms with Gasteiger partial charge in [-0.2, -0.15) is 0 Å². The molecule has 4 nitrogen and oxygen atoms in total. The molecule has 0 saturated carbocycles. The zero-order valence-electron chi connectivity index (χ0n) is 14.9. The van der Waals surface area contributed by atoms with Crippen molar-refractivity contribution in [2.45, 2.75) is 59.8 Å². The number of aryl methyl sites for hydroxylation is 3. The lowest BCUT2D eigenvalue weighted by Crippen LogP contribution is -2.16. The first-order valence-corrected chi connectivity index (χ1v) is 8.07. The molecule has 1 aromatic heterocycles. The van der Waals surface area contributed by atoms with Gasteiger partial charge in [0.25, 0.3) is 0 Å². The number of oxazole rings is 1. The molecular formula is C19H26N2O2. The number of benzene rings is 1. The number of nitrogens with zero attached hydrogens (tertiary/aromatic N) is 1. The standard InChI is InChI=1S/C19H26N2O2/c1-7-14-10-8-9-12(2)17(14)21-16(22)11-15-13(3)20-18(23-15)19(4,5)6/h8-10H,7,11H2,1-6H3,(H,21,22). The van der Waals surface area contributed by atoms with Crippen LogP contribution in [-0.2, 0) is 23.1 Å². The summed E-state index contributed by atoms with van der Waals surface area (Å²) in [5.74, 6) is 1.23. The summed E-state index contributed by atoms with van der Waals surface area (Å²) in [5, 5.41) is 3.03. The van der Waals surface area contributed by atoms with Gasteiger partial charge >= 0.3 is 0 Å². The second-order valence-electron chi connectivity index (χ2n) is 6.97. The lowest BCUT2D eigenvalue weighted by Gasteiger charge is -2.13. The Bertz CT molecular complexity index is 709. The van der Waals surface area contributed by atoms with Crippen LogP contribution in [-0.4, -0.2) is 10.9 Å². The number of carbonyl (C=O) groups is 1. The molecule has 0 spiro atoms. The second kappa shape index (κ2) is 6.57. The van der Waals surface area contributed by atoms with Crippen LogP contribution < -0.4 is 5.32 Å². The van der Waals surface area contributed by atoms with Crippen molar-refractivity contribution in [1.29, 1.82) is 0 Å². The van der Waals surface area contributed by atoms with Crippen LogP contribution in [0.15, 0.2) is 22.6 Å². The van der Waals surface area contributed by atoms with Crippen molar-refractivity contribution < 1.29 is 9.21 Å². The smallest absolute Gasteiger partial charge is 0.232 e. The van der Waals surface area contributed by atoms with E-state index in [4.69, 9.17) is 4.42 Å². The second-order valence-corrected chi connectivity index (χ2v) is 6.97. The molecule has 1 aromatic carbocycles. The largest absolute Gasteiger partial charge is 0.444 e. The van der Waals surface area contributed by atoms with Crippen molar-refractivity contribution in [2.75, 3.05) is 5.32 Å². The molecule has 1 amide bonds. The van der Waals surface area contributed by atoms with E-state index in [2.05, 4.69) is 17.2 Å². The Morgan fingerprint density at radius 1 is 1.26 bits per heavy atom. The molecule has 0 saturated heterocycles. The van der Waals surface area contributed by atoms with Crippen LogP contribution in [0.2, 0.25) is 0 Å². The molecule has 124 valence electrons. The highest BCUT2D eigenvalue weighted by atomic mass is 16.4. The number of rotatable bonds is 4. The Morgan fingerprint density at radius 2 is 1.96 bits per heavy atom. The van der Waals surface area contributed by atoms with E-state index in [1.54, 1.807) is 0 Å². The monoisotopic (exact) mass is 314 g/mol. The van der Waals surface area contributed by atoms with Crippen LogP contribution in [0, 0.1) is 13.8 Å². The maximum Gasteiger partial charge on any atom is 0.232 e. The Morgan fingerprint density at radius 3 is 2.52 bits per heavy atom. The lowest BCUT2D eigenvalue weighted by molar-refractivity contribution is -0.115. The molecule has 4 heteroatoms. The fourth-order valence-corrected chi connectivity index (χ4v) is 2.44. The normalized spacial score (nSPS) is 11.6. The van der Waals surface area contributed by atoms with E-state index in [1.165, 1.54) is 0 Å². The number of nitrogens with one attached hydrogen (secondary N) is 1. The number of amides is 1. The van der Waals surface area contributed by atoms with Crippen molar-refractivity contribution in [2.24, 2.45) is 0 Å². The van der Waals surface area contributed by atoms with Crippen molar-refractivity contribution in [1.82, 2.24) is 4.98 Å². The minimum atomic E-state index is -0.162. The predicted molar refractivity (Wildman–Crippen MR) is 92.8 cm³/mol. The van der Waals surface area contributed by atoms with Gasteiger partial charge in [-0.1, -0.05) is 45.9 Å². The maximum absolute atomic E-state index is 12.4. The van der Waals surface area contributed by atoms with Gasteiger partial charge in [0.15, 0.2) is 5.89 Å². The third-order valence-electron chi connectivity index (χ3n) is 3.86. The molecule has 2 rings (SSSR count). The number of hydrogen-bond donors (Lipinski definition) is 1. The summed E-state index contributed by atoms with van der Waals surface area (Å²) in [6.45, 7) is 12.1. The molecule has 0 atom stereocenters.